The Hall–Kier alpha value is -2.49. The van der Waals surface area contributed by atoms with Crippen LogP contribution in [0.25, 0.3) is 0 Å². The first-order chi connectivity index (χ1) is 9.00. The van der Waals surface area contributed by atoms with Crippen molar-refractivity contribution in [3.63, 3.8) is 0 Å². The van der Waals surface area contributed by atoms with Gasteiger partial charge in [-0.1, -0.05) is 18.2 Å². The van der Waals surface area contributed by atoms with E-state index >= 15 is 0 Å². The molecule has 2 aromatic carbocycles. The summed E-state index contributed by atoms with van der Waals surface area (Å²) in [4.78, 5) is 12.2. The molecule has 0 saturated carbocycles. The highest BCUT2D eigenvalue weighted by Crippen LogP contribution is 2.25. The number of hydrogen-bond donors (Lipinski definition) is 3. The topological polar surface area (TPSA) is 75.3 Å². The molecule has 0 aliphatic rings. The van der Waals surface area contributed by atoms with Crippen molar-refractivity contribution >= 4 is 17.3 Å². The molecule has 0 unspecified atom stereocenters. The SMILES string of the molecule is Cc1cccc(N)c1NC(=O)c1cccc(O)c1C. The standard InChI is InChI=1S/C15H16N2O2/c1-9-5-3-7-12(16)14(9)17-15(19)11-6-4-8-13(18)10(11)2/h3-8,18H,16H2,1-2H3,(H,17,19). The van der Waals surface area contributed by atoms with E-state index in [9.17, 15) is 9.90 Å². The third-order valence-electron chi connectivity index (χ3n) is 3.09. The smallest absolute Gasteiger partial charge is 0.256 e. The second kappa shape index (κ2) is 5.02. The van der Waals surface area contributed by atoms with Gasteiger partial charge in [0.15, 0.2) is 0 Å². The zero-order valence-electron chi connectivity index (χ0n) is 10.9. The van der Waals surface area contributed by atoms with Gasteiger partial charge in [0.2, 0.25) is 0 Å². The molecule has 2 rings (SSSR count). The van der Waals surface area contributed by atoms with E-state index in [1.54, 1.807) is 31.2 Å². The number of nitrogens with two attached hydrogens (primary N) is 1. The molecular weight excluding hydrogens is 240 g/mol. The number of anilines is 2. The van der Waals surface area contributed by atoms with Crippen LogP contribution in [0.5, 0.6) is 5.75 Å². The van der Waals surface area contributed by atoms with E-state index in [-0.39, 0.29) is 11.7 Å². The highest BCUT2D eigenvalue weighted by atomic mass is 16.3. The number of nitrogen functional groups attached to an aromatic ring is 1. The fourth-order valence-electron chi connectivity index (χ4n) is 1.91. The molecule has 4 nitrogen and oxygen atoms in total. The summed E-state index contributed by atoms with van der Waals surface area (Å²) in [5.74, 6) is -0.181. The maximum atomic E-state index is 12.2. The van der Waals surface area contributed by atoms with Gasteiger partial charge in [0.1, 0.15) is 5.75 Å². The van der Waals surface area contributed by atoms with Crippen LogP contribution in [-0.2, 0) is 0 Å². The molecule has 0 aliphatic heterocycles. The van der Waals surface area contributed by atoms with Gasteiger partial charge in [-0.3, -0.25) is 4.79 Å². The predicted octanol–water partition coefficient (Wildman–Crippen LogP) is 2.84. The van der Waals surface area contributed by atoms with Crippen LogP contribution >= 0.6 is 0 Å². The van der Waals surface area contributed by atoms with Crippen LogP contribution in [0, 0.1) is 13.8 Å². The van der Waals surface area contributed by atoms with Crippen LogP contribution in [0.15, 0.2) is 36.4 Å². The number of carbonyl (C=O) groups is 1. The molecule has 0 radical (unpaired) electrons. The number of rotatable bonds is 2. The number of nitrogens with one attached hydrogen (secondary N) is 1. The van der Waals surface area contributed by atoms with Crippen LogP contribution in [0.2, 0.25) is 0 Å². The quantitative estimate of drug-likeness (QED) is 0.723. The summed E-state index contributed by atoms with van der Waals surface area (Å²) in [6, 6.07) is 10.3. The minimum atomic E-state index is -0.283. The lowest BCUT2D eigenvalue weighted by Gasteiger charge is -2.12. The normalized spacial score (nSPS) is 10.2. The van der Waals surface area contributed by atoms with Crippen molar-refractivity contribution in [3.8, 4) is 5.75 Å². The molecule has 0 spiro atoms. The van der Waals surface area contributed by atoms with E-state index in [0.717, 1.165) is 5.56 Å². The van der Waals surface area contributed by atoms with Crippen LogP contribution in [0.1, 0.15) is 21.5 Å². The molecular formula is C15H16N2O2. The van der Waals surface area contributed by atoms with Crippen molar-refractivity contribution < 1.29 is 9.90 Å². The number of phenols is 1. The van der Waals surface area contributed by atoms with Crippen molar-refractivity contribution in [2.75, 3.05) is 11.1 Å². The monoisotopic (exact) mass is 256 g/mol. The summed E-state index contributed by atoms with van der Waals surface area (Å²) in [6.45, 7) is 3.58. The first kappa shape index (κ1) is 13.0. The molecule has 0 aromatic heterocycles. The van der Waals surface area contributed by atoms with Gasteiger partial charge < -0.3 is 16.2 Å². The maximum absolute atomic E-state index is 12.2. The average molecular weight is 256 g/mol. The van der Waals surface area contributed by atoms with Gasteiger partial charge in [-0.15, -0.1) is 0 Å². The molecule has 0 aliphatic carbocycles. The number of amides is 1. The Morgan fingerprint density at radius 3 is 2.53 bits per heavy atom. The minimum absolute atomic E-state index is 0.102. The molecule has 2 aromatic rings. The molecule has 4 N–H and O–H groups in total. The molecule has 98 valence electrons. The second-order valence-electron chi connectivity index (χ2n) is 4.44. The zero-order chi connectivity index (χ0) is 14.0. The highest BCUT2D eigenvalue weighted by molar-refractivity contribution is 6.07. The number of aromatic hydroxyl groups is 1. The fourth-order valence-corrected chi connectivity index (χ4v) is 1.91. The van der Waals surface area contributed by atoms with Crippen molar-refractivity contribution in [2.24, 2.45) is 0 Å². The van der Waals surface area contributed by atoms with E-state index in [1.807, 2.05) is 19.1 Å². The summed E-state index contributed by atoms with van der Waals surface area (Å²) in [6.07, 6.45) is 0. The number of hydrogen-bond acceptors (Lipinski definition) is 3. The number of benzene rings is 2. The Morgan fingerprint density at radius 1 is 1.16 bits per heavy atom. The highest BCUT2D eigenvalue weighted by Gasteiger charge is 2.13. The predicted molar refractivity (Wildman–Crippen MR) is 76.4 cm³/mol. The third kappa shape index (κ3) is 2.52. The van der Waals surface area contributed by atoms with Crippen LogP contribution in [0.3, 0.4) is 0 Å². The summed E-state index contributed by atoms with van der Waals surface area (Å²) < 4.78 is 0. The molecule has 1 amide bonds. The van der Waals surface area contributed by atoms with Crippen LogP contribution < -0.4 is 11.1 Å². The summed E-state index contributed by atoms with van der Waals surface area (Å²) >= 11 is 0. The van der Waals surface area contributed by atoms with Crippen molar-refractivity contribution in [3.05, 3.63) is 53.1 Å². The van der Waals surface area contributed by atoms with Crippen LogP contribution in [-0.4, -0.2) is 11.0 Å². The molecule has 4 heteroatoms. The Morgan fingerprint density at radius 2 is 1.84 bits per heavy atom. The van der Waals surface area contributed by atoms with Crippen molar-refractivity contribution in [1.29, 1.82) is 0 Å². The summed E-state index contributed by atoms with van der Waals surface area (Å²) in [5, 5.41) is 12.4. The zero-order valence-corrected chi connectivity index (χ0v) is 10.9. The van der Waals surface area contributed by atoms with E-state index in [0.29, 0.717) is 22.5 Å². The van der Waals surface area contributed by atoms with E-state index < -0.39 is 0 Å². The van der Waals surface area contributed by atoms with Crippen molar-refractivity contribution in [1.82, 2.24) is 0 Å². The van der Waals surface area contributed by atoms with Gasteiger partial charge in [0.25, 0.3) is 5.91 Å². The molecule has 0 fully saturated rings. The molecule has 19 heavy (non-hydrogen) atoms. The molecule has 0 atom stereocenters. The van der Waals surface area contributed by atoms with Gasteiger partial charge in [-0.2, -0.15) is 0 Å². The Kier molecular flexibility index (Phi) is 3.42. The molecule has 0 bridgehead atoms. The number of carbonyl (C=O) groups excluding carboxylic acids is 1. The first-order valence-electron chi connectivity index (χ1n) is 5.95. The van der Waals surface area contributed by atoms with E-state index in [2.05, 4.69) is 5.32 Å². The first-order valence-corrected chi connectivity index (χ1v) is 5.95. The lowest BCUT2D eigenvalue weighted by atomic mass is 10.1. The molecule has 0 heterocycles. The number of phenolic OH excluding ortho intramolecular Hbond substituents is 1. The van der Waals surface area contributed by atoms with Crippen molar-refractivity contribution in [2.45, 2.75) is 13.8 Å². The number of aryl methyl sites for hydroxylation is 1. The van der Waals surface area contributed by atoms with Gasteiger partial charge in [0.05, 0.1) is 11.4 Å². The van der Waals surface area contributed by atoms with E-state index in [4.69, 9.17) is 5.73 Å². The van der Waals surface area contributed by atoms with Crippen LogP contribution in [0.4, 0.5) is 11.4 Å². The lowest BCUT2D eigenvalue weighted by Crippen LogP contribution is -2.15. The average Bonchev–Trinajstić information content (AvgIpc) is 2.37. The minimum Gasteiger partial charge on any atom is -0.508 e. The summed E-state index contributed by atoms with van der Waals surface area (Å²) in [5.41, 5.74) is 8.85. The Labute approximate surface area is 111 Å². The Bertz CT molecular complexity index is 616. The van der Waals surface area contributed by atoms with Gasteiger partial charge in [0, 0.05) is 11.1 Å². The molecule has 0 saturated heterocycles. The van der Waals surface area contributed by atoms with Gasteiger partial charge in [-0.25, -0.2) is 0 Å². The lowest BCUT2D eigenvalue weighted by molar-refractivity contribution is 0.102. The van der Waals surface area contributed by atoms with Gasteiger partial charge >= 0.3 is 0 Å². The summed E-state index contributed by atoms with van der Waals surface area (Å²) in [7, 11) is 0. The fraction of sp³-hybridized carbons (Fsp3) is 0.133. The number of para-hydroxylation sites is 1. The van der Waals surface area contributed by atoms with Gasteiger partial charge in [-0.05, 0) is 37.6 Å². The van der Waals surface area contributed by atoms with E-state index in [1.165, 1.54) is 0 Å². The third-order valence-corrected chi connectivity index (χ3v) is 3.09. The second-order valence-corrected chi connectivity index (χ2v) is 4.44. The largest absolute Gasteiger partial charge is 0.508 e. The maximum Gasteiger partial charge on any atom is 0.256 e. The Balaban J connectivity index is 2.34.